The first-order valence-electron chi connectivity index (χ1n) is 6.33. The van der Waals surface area contributed by atoms with Crippen LogP contribution in [0.3, 0.4) is 0 Å². The van der Waals surface area contributed by atoms with Crippen molar-refractivity contribution in [1.29, 1.82) is 0 Å². The number of hydrogen-bond acceptors (Lipinski definition) is 5. The second kappa shape index (κ2) is 6.12. The zero-order valence-corrected chi connectivity index (χ0v) is 10.7. The molecule has 1 unspecified atom stereocenters. The monoisotopic (exact) mass is 239 g/mol. The van der Waals surface area contributed by atoms with Crippen LogP contribution >= 0.6 is 0 Å². The zero-order chi connectivity index (χ0) is 12.1. The Morgan fingerprint density at radius 3 is 2.94 bits per heavy atom. The quantitative estimate of drug-likeness (QED) is 0.783. The normalized spacial score (nSPS) is 21.0. The number of rotatable bonds is 5. The lowest BCUT2D eigenvalue weighted by atomic mass is 10.1. The average molecular weight is 239 g/mol. The lowest BCUT2D eigenvalue weighted by Gasteiger charge is -2.24. The highest BCUT2D eigenvalue weighted by molar-refractivity contribution is 4.83. The van der Waals surface area contributed by atoms with Crippen LogP contribution in [0, 0.1) is 6.92 Å². The van der Waals surface area contributed by atoms with Gasteiger partial charge >= 0.3 is 0 Å². The molecule has 1 fully saturated rings. The number of nitrogens with zero attached hydrogens (tertiary/aromatic N) is 3. The summed E-state index contributed by atoms with van der Waals surface area (Å²) in [7, 11) is 2.08. The molecule has 5 heteroatoms. The topological polar surface area (TPSA) is 51.4 Å². The summed E-state index contributed by atoms with van der Waals surface area (Å²) in [6.07, 6.45) is 5.26. The van der Waals surface area contributed by atoms with E-state index in [2.05, 4.69) is 22.1 Å². The minimum absolute atomic E-state index is 0.443. The van der Waals surface area contributed by atoms with Gasteiger partial charge in [0.15, 0.2) is 5.82 Å². The highest BCUT2D eigenvalue weighted by atomic mass is 16.5. The predicted molar refractivity (Wildman–Crippen MR) is 63.6 cm³/mol. The lowest BCUT2D eigenvalue weighted by molar-refractivity contribution is 0.00629. The number of hydrogen-bond donors (Lipinski definition) is 0. The fourth-order valence-corrected chi connectivity index (χ4v) is 2.13. The van der Waals surface area contributed by atoms with Gasteiger partial charge in [-0.2, -0.15) is 4.98 Å². The maximum Gasteiger partial charge on any atom is 0.223 e. The van der Waals surface area contributed by atoms with Gasteiger partial charge in [-0.15, -0.1) is 0 Å². The Balaban J connectivity index is 1.68. The van der Waals surface area contributed by atoms with Crippen molar-refractivity contribution in [2.75, 3.05) is 20.2 Å². The Morgan fingerprint density at radius 2 is 2.29 bits per heavy atom. The Kier molecular flexibility index (Phi) is 4.50. The molecule has 2 rings (SSSR count). The predicted octanol–water partition coefficient (Wildman–Crippen LogP) is 1.77. The summed E-state index contributed by atoms with van der Waals surface area (Å²) in [5.41, 5.74) is 0. The van der Waals surface area contributed by atoms with Crippen molar-refractivity contribution in [2.45, 2.75) is 45.3 Å². The first-order valence-corrected chi connectivity index (χ1v) is 6.33. The van der Waals surface area contributed by atoms with E-state index in [4.69, 9.17) is 9.26 Å². The summed E-state index contributed by atoms with van der Waals surface area (Å²) in [6.45, 7) is 4.49. The summed E-state index contributed by atoms with van der Waals surface area (Å²) in [5, 5.41) is 3.89. The standard InChI is InChI=1S/C12H21N3O2/c1-10-13-12(14-17-10)9-15(2)7-6-11-5-3-4-8-16-11/h11H,3-9H2,1-2H3. The molecule has 0 saturated carbocycles. The van der Waals surface area contributed by atoms with Crippen LogP contribution in [-0.4, -0.2) is 41.3 Å². The Hall–Kier alpha value is -0.940. The van der Waals surface area contributed by atoms with E-state index in [0.717, 1.165) is 31.9 Å². The summed E-state index contributed by atoms with van der Waals surface area (Å²) < 4.78 is 10.7. The maximum atomic E-state index is 5.71. The Labute approximate surface area is 102 Å². The lowest BCUT2D eigenvalue weighted by Crippen LogP contribution is -2.27. The largest absolute Gasteiger partial charge is 0.378 e. The van der Waals surface area contributed by atoms with E-state index >= 15 is 0 Å². The van der Waals surface area contributed by atoms with Gasteiger partial charge in [-0.05, 0) is 32.7 Å². The van der Waals surface area contributed by atoms with Crippen LogP contribution in [0.2, 0.25) is 0 Å². The molecule has 1 aliphatic heterocycles. The van der Waals surface area contributed by atoms with E-state index in [-0.39, 0.29) is 0 Å². The van der Waals surface area contributed by atoms with Crippen LogP contribution in [0.5, 0.6) is 0 Å². The molecular weight excluding hydrogens is 218 g/mol. The van der Waals surface area contributed by atoms with Crippen LogP contribution in [0.4, 0.5) is 0 Å². The first-order chi connectivity index (χ1) is 8.24. The van der Waals surface area contributed by atoms with Gasteiger partial charge in [0.05, 0.1) is 12.6 Å². The Bertz CT molecular complexity index is 334. The van der Waals surface area contributed by atoms with Crippen LogP contribution < -0.4 is 0 Å². The summed E-state index contributed by atoms with van der Waals surface area (Å²) in [5.74, 6) is 1.39. The van der Waals surface area contributed by atoms with E-state index in [0.29, 0.717) is 12.0 Å². The van der Waals surface area contributed by atoms with Crippen LogP contribution in [0.1, 0.15) is 37.4 Å². The molecule has 0 aromatic carbocycles. The third-order valence-electron chi connectivity index (χ3n) is 3.09. The molecule has 0 spiro atoms. The van der Waals surface area contributed by atoms with Crippen molar-refractivity contribution < 1.29 is 9.26 Å². The second-order valence-electron chi connectivity index (χ2n) is 4.74. The van der Waals surface area contributed by atoms with Crippen LogP contribution in [0.25, 0.3) is 0 Å². The van der Waals surface area contributed by atoms with Gasteiger partial charge in [0.2, 0.25) is 5.89 Å². The maximum absolute atomic E-state index is 5.71. The van der Waals surface area contributed by atoms with Crippen molar-refractivity contribution in [3.63, 3.8) is 0 Å². The minimum atomic E-state index is 0.443. The molecule has 1 aromatic heterocycles. The molecule has 0 amide bonds. The molecule has 5 nitrogen and oxygen atoms in total. The SMILES string of the molecule is Cc1nc(CN(C)CCC2CCCCO2)no1. The molecule has 0 radical (unpaired) electrons. The zero-order valence-electron chi connectivity index (χ0n) is 10.7. The van der Waals surface area contributed by atoms with Crippen molar-refractivity contribution >= 4 is 0 Å². The number of aryl methyl sites for hydroxylation is 1. The van der Waals surface area contributed by atoms with Gasteiger partial charge in [-0.25, -0.2) is 0 Å². The van der Waals surface area contributed by atoms with Crippen molar-refractivity contribution in [1.82, 2.24) is 15.0 Å². The molecule has 1 aromatic rings. The average Bonchev–Trinajstić information content (AvgIpc) is 2.73. The molecule has 1 saturated heterocycles. The van der Waals surface area contributed by atoms with Gasteiger partial charge in [0.1, 0.15) is 0 Å². The van der Waals surface area contributed by atoms with Gasteiger partial charge < -0.3 is 9.26 Å². The minimum Gasteiger partial charge on any atom is -0.378 e. The molecule has 17 heavy (non-hydrogen) atoms. The molecule has 0 bridgehead atoms. The van der Waals surface area contributed by atoms with Crippen molar-refractivity contribution in [3.05, 3.63) is 11.7 Å². The molecule has 2 heterocycles. The van der Waals surface area contributed by atoms with Gasteiger partial charge in [-0.3, -0.25) is 4.90 Å². The van der Waals surface area contributed by atoms with Crippen LogP contribution in [-0.2, 0) is 11.3 Å². The summed E-state index contributed by atoms with van der Waals surface area (Å²) in [6, 6.07) is 0. The van der Waals surface area contributed by atoms with Gasteiger partial charge in [0, 0.05) is 20.1 Å². The smallest absolute Gasteiger partial charge is 0.223 e. The van der Waals surface area contributed by atoms with E-state index in [1.165, 1.54) is 19.3 Å². The highest BCUT2D eigenvalue weighted by Crippen LogP contribution is 2.15. The summed E-state index contributed by atoms with van der Waals surface area (Å²) in [4.78, 5) is 6.41. The van der Waals surface area contributed by atoms with E-state index in [1.54, 1.807) is 0 Å². The highest BCUT2D eigenvalue weighted by Gasteiger charge is 2.15. The molecule has 1 aliphatic rings. The van der Waals surface area contributed by atoms with E-state index in [1.807, 2.05) is 6.92 Å². The molecule has 0 aliphatic carbocycles. The van der Waals surface area contributed by atoms with E-state index < -0.39 is 0 Å². The third-order valence-corrected chi connectivity index (χ3v) is 3.09. The van der Waals surface area contributed by atoms with Crippen molar-refractivity contribution in [2.24, 2.45) is 0 Å². The summed E-state index contributed by atoms with van der Waals surface area (Å²) >= 11 is 0. The first kappa shape index (κ1) is 12.5. The van der Waals surface area contributed by atoms with Crippen molar-refractivity contribution in [3.8, 4) is 0 Å². The van der Waals surface area contributed by atoms with Gasteiger partial charge in [0.25, 0.3) is 0 Å². The molecule has 1 atom stereocenters. The fraction of sp³-hybridized carbons (Fsp3) is 0.833. The second-order valence-corrected chi connectivity index (χ2v) is 4.74. The van der Waals surface area contributed by atoms with Crippen LogP contribution in [0.15, 0.2) is 4.52 Å². The Morgan fingerprint density at radius 1 is 1.41 bits per heavy atom. The number of aromatic nitrogens is 2. The van der Waals surface area contributed by atoms with Gasteiger partial charge in [-0.1, -0.05) is 5.16 Å². The third kappa shape index (κ3) is 4.09. The fourth-order valence-electron chi connectivity index (χ4n) is 2.13. The number of ether oxygens (including phenoxy) is 1. The molecular formula is C12H21N3O2. The molecule has 0 N–H and O–H groups in total. The van der Waals surface area contributed by atoms with E-state index in [9.17, 15) is 0 Å². The molecule has 96 valence electrons.